The highest BCUT2D eigenvalue weighted by Gasteiger charge is 2.13. The van der Waals surface area contributed by atoms with Crippen molar-refractivity contribution in [2.24, 2.45) is 0 Å². The zero-order chi connectivity index (χ0) is 19.1. The predicted molar refractivity (Wildman–Crippen MR) is 115 cm³/mol. The Balaban J connectivity index is 1.78. The first-order chi connectivity index (χ1) is 13.1. The van der Waals surface area contributed by atoms with Crippen molar-refractivity contribution in [3.63, 3.8) is 0 Å². The molecular formula is C24H27NOS. The molecule has 0 unspecified atom stereocenters. The van der Waals surface area contributed by atoms with Crippen molar-refractivity contribution < 1.29 is 4.74 Å². The van der Waals surface area contributed by atoms with E-state index in [1.54, 1.807) is 0 Å². The molecule has 27 heavy (non-hydrogen) atoms. The van der Waals surface area contributed by atoms with Gasteiger partial charge in [0, 0.05) is 22.8 Å². The molecule has 0 radical (unpaired) electrons. The first-order valence-electron chi connectivity index (χ1n) is 9.24. The molecule has 0 aromatic heterocycles. The molecule has 3 aromatic rings. The summed E-state index contributed by atoms with van der Waals surface area (Å²) in [6.07, 6.45) is 0. The summed E-state index contributed by atoms with van der Waals surface area (Å²) in [4.78, 5) is 3.52. The second kappa shape index (κ2) is 9.63. The molecule has 0 spiro atoms. The summed E-state index contributed by atoms with van der Waals surface area (Å²) in [5.41, 5.74) is 5.12. The number of hydrogen-bond acceptors (Lipinski definition) is 3. The average molecular weight is 378 g/mol. The minimum Gasteiger partial charge on any atom is -0.489 e. The number of hydrogen-bond donors (Lipinski definition) is 0. The van der Waals surface area contributed by atoms with E-state index < -0.39 is 0 Å². The number of thioether (sulfide) groups is 1. The summed E-state index contributed by atoms with van der Waals surface area (Å²) in [5.74, 6) is 1.96. The highest BCUT2D eigenvalue weighted by atomic mass is 32.2. The van der Waals surface area contributed by atoms with Crippen LogP contribution in [-0.4, -0.2) is 19.0 Å². The van der Waals surface area contributed by atoms with Crippen LogP contribution < -0.4 is 4.74 Å². The third-order valence-electron chi connectivity index (χ3n) is 4.45. The molecule has 0 bridgehead atoms. The number of ether oxygens (including phenoxy) is 1. The average Bonchev–Trinajstić information content (AvgIpc) is 2.69. The quantitative estimate of drug-likeness (QED) is 0.452. The number of nitrogens with zero attached hydrogens (tertiary/aromatic N) is 1. The fourth-order valence-electron chi connectivity index (χ4n) is 2.99. The van der Waals surface area contributed by atoms with Crippen LogP contribution in [-0.2, 0) is 18.9 Å². The maximum absolute atomic E-state index is 6.19. The van der Waals surface area contributed by atoms with Gasteiger partial charge in [0.15, 0.2) is 0 Å². The van der Waals surface area contributed by atoms with Gasteiger partial charge < -0.3 is 9.64 Å². The van der Waals surface area contributed by atoms with E-state index in [2.05, 4.69) is 80.5 Å². The van der Waals surface area contributed by atoms with Crippen LogP contribution in [0.2, 0.25) is 0 Å². The van der Waals surface area contributed by atoms with E-state index >= 15 is 0 Å². The van der Waals surface area contributed by atoms with Crippen LogP contribution >= 0.6 is 11.8 Å². The Hall–Kier alpha value is -2.23. The molecule has 0 fully saturated rings. The molecule has 0 atom stereocenters. The van der Waals surface area contributed by atoms with Gasteiger partial charge in [-0.25, -0.2) is 0 Å². The minimum absolute atomic E-state index is 0.594. The van der Waals surface area contributed by atoms with Gasteiger partial charge in [0.2, 0.25) is 0 Å². The normalized spacial score (nSPS) is 11.0. The third-order valence-corrected chi connectivity index (χ3v) is 5.69. The lowest BCUT2D eigenvalue weighted by Crippen LogP contribution is -2.13. The Labute approximate surface area is 167 Å². The summed E-state index contributed by atoms with van der Waals surface area (Å²) in [7, 11) is 4.20. The van der Waals surface area contributed by atoms with Gasteiger partial charge in [-0.1, -0.05) is 60.7 Å². The zero-order valence-electron chi connectivity index (χ0n) is 16.3. The summed E-state index contributed by atoms with van der Waals surface area (Å²) in [6.45, 7) is 3.68. The van der Waals surface area contributed by atoms with Gasteiger partial charge in [-0.05, 0) is 49.8 Å². The molecule has 3 rings (SSSR count). The summed E-state index contributed by atoms with van der Waals surface area (Å²) in [6, 6.07) is 25.3. The van der Waals surface area contributed by atoms with Gasteiger partial charge in [0.25, 0.3) is 0 Å². The molecule has 2 nitrogen and oxygen atoms in total. The smallest absolute Gasteiger partial charge is 0.124 e. The van der Waals surface area contributed by atoms with Gasteiger partial charge in [-0.3, -0.25) is 0 Å². The first-order valence-corrected chi connectivity index (χ1v) is 10.2. The Morgan fingerprint density at radius 1 is 0.815 bits per heavy atom. The topological polar surface area (TPSA) is 12.5 Å². The van der Waals surface area contributed by atoms with E-state index in [0.29, 0.717) is 6.61 Å². The SMILES string of the molecule is Cc1c(SCc2ccccc2)ccc(OCc2ccccc2)c1CN(C)C. The third kappa shape index (κ3) is 5.62. The van der Waals surface area contributed by atoms with Crippen LogP contribution in [0.4, 0.5) is 0 Å². The van der Waals surface area contributed by atoms with E-state index in [9.17, 15) is 0 Å². The predicted octanol–water partition coefficient (Wildman–Crippen LogP) is 5.93. The standard InChI is InChI=1S/C24H27NOS/c1-19-22(16-25(2)3)23(26-17-20-10-6-4-7-11-20)14-15-24(19)27-18-21-12-8-5-9-13-21/h4-15H,16-18H2,1-3H3. The molecule has 0 aliphatic rings. The Morgan fingerprint density at radius 2 is 1.44 bits per heavy atom. The van der Waals surface area contributed by atoms with Crippen LogP contribution in [0.1, 0.15) is 22.3 Å². The fourth-order valence-corrected chi connectivity index (χ4v) is 4.00. The van der Waals surface area contributed by atoms with E-state index in [0.717, 1.165) is 18.0 Å². The molecule has 140 valence electrons. The summed E-state index contributed by atoms with van der Waals surface area (Å²) in [5, 5.41) is 0. The van der Waals surface area contributed by atoms with Gasteiger partial charge in [-0.15, -0.1) is 11.8 Å². The van der Waals surface area contributed by atoms with E-state index in [1.165, 1.54) is 27.1 Å². The second-order valence-corrected chi connectivity index (χ2v) is 7.97. The van der Waals surface area contributed by atoms with Crippen molar-refractivity contribution in [1.29, 1.82) is 0 Å². The molecule has 3 heteroatoms. The summed E-state index contributed by atoms with van der Waals surface area (Å²) >= 11 is 1.89. The molecule has 0 aliphatic carbocycles. The molecule has 0 heterocycles. The van der Waals surface area contributed by atoms with Crippen LogP contribution in [0.5, 0.6) is 5.75 Å². The molecule has 0 N–H and O–H groups in total. The molecule has 0 amide bonds. The summed E-state index contributed by atoms with van der Waals surface area (Å²) < 4.78 is 6.19. The van der Waals surface area contributed by atoms with Crippen LogP contribution in [0.25, 0.3) is 0 Å². The highest BCUT2D eigenvalue weighted by Crippen LogP contribution is 2.34. The fraction of sp³-hybridized carbons (Fsp3) is 0.250. The molecule has 0 aliphatic heterocycles. The van der Waals surface area contributed by atoms with Gasteiger partial charge in [-0.2, -0.15) is 0 Å². The van der Waals surface area contributed by atoms with Crippen molar-refractivity contribution in [1.82, 2.24) is 4.90 Å². The lowest BCUT2D eigenvalue weighted by Gasteiger charge is -2.20. The van der Waals surface area contributed by atoms with Gasteiger partial charge >= 0.3 is 0 Å². The maximum Gasteiger partial charge on any atom is 0.124 e. The lowest BCUT2D eigenvalue weighted by atomic mass is 10.1. The van der Waals surface area contributed by atoms with Crippen molar-refractivity contribution in [3.05, 3.63) is 95.1 Å². The van der Waals surface area contributed by atoms with E-state index in [-0.39, 0.29) is 0 Å². The highest BCUT2D eigenvalue weighted by molar-refractivity contribution is 7.98. The first kappa shape index (κ1) is 19.5. The van der Waals surface area contributed by atoms with E-state index in [1.807, 2.05) is 30.0 Å². The van der Waals surface area contributed by atoms with Crippen LogP contribution in [0.15, 0.2) is 77.7 Å². The van der Waals surface area contributed by atoms with Gasteiger partial charge in [0.1, 0.15) is 12.4 Å². The van der Waals surface area contributed by atoms with Crippen molar-refractivity contribution in [2.45, 2.75) is 30.7 Å². The number of rotatable bonds is 8. The van der Waals surface area contributed by atoms with Crippen molar-refractivity contribution in [3.8, 4) is 5.75 Å². The maximum atomic E-state index is 6.19. The molecule has 3 aromatic carbocycles. The van der Waals surface area contributed by atoms with Crippen LogP contribution in [0.3, 0.4) is 0 Å². The molecular weight excluding hydrogens is 350 g/mol. The van der Waals surface area contributed by atoms with Gasteiger partial charge in [0.05, 0.1) is 0 Å². The van der Waals surface area contributed by atoms with Crippen molar-refractivity contribution >= 4 is 11.8 Å². The minimum atomic E-state index is 0.594. The molecule has 0 saturated heterocycles. The Morgan fingerprint density at radius 3 is 2.07 bits per heavy atom. The zero-order valence-corrected chi connectivity index (χ0v) is 17.1. The monoisotopic (exact) mass is 377 g/mol. The Bertz CT molecular complexity index is 847. The lowest BCUT2D eigenvalue weighted by molar-refractivity contribution is 0.294. The second-order valence-electron chi connectivity index (χ2n) is 6.95. The number of benzene rings is 3. The van der Waals surface area contributed by atoms with Crippen molar-refractivity contribution in [2.75, 3.05) is 14.1 Å². The van der Waals surface area contributed by atoms with E-state index in [4.69, 9.17) is 4.74 Å². The largest absolute Gasteiger partial charge is 0.489 e. The van der Waals surface area contributed by atoms with Crippen LogP contribution in [0, 0.1) is 6.92 Å². The Kier molecular flexibility index (Phi) is 6.97. The molecule has 0 saturated carbocycles.